The van der Waals surface area contributed by atoms with E-state index in [1.807, 2.05) is 56.5 Å². The van der Waals surface area contributed by atoms with Gasteiger partial charge in [0, 0.05) is 23.0 Å². The van der Waals surface area contributed by atoms with Gasteiger partial charge in [0.15, 0.2) is 5.84 Å². The summed E-state index contributed by atoms with van der Waals surface area (Å²) in [4.78, 5) is 16.8. The van der Waals surface area contributed by atoms with E-state index in [-0.39, 0.29) is 17.3 Å². The standard InChI is InChI=1S/C22H22ClN5O2S/c1-11(2)21-26-28-19(24)16(20(29)25-22(28)31-21)9-14-8-12(3)27(13(14)4)15-6-7-18(30-5)17(23)10-15/h6-11,24H,1-5H3. The molecule has 0 atom stereocenters. The lowest BCUT2D eigenvalue weighted by Crippen LogP contribution is -2.35. The van der Waals surface area contributed by atoms with Crippen molar-refractivity contribution in [2.24, 2.45) is 16.0 Å². The fraction of sp³-hybridized carbons (Fsp3) is 0.273. The van der Waals surface area contributed by atoms with E-state index in [2.05, 4.69) is 10.1 Å². The molecule has 0 fully saturated rings. The Kier molecular flexibility index (Phi) is 5.53. The summed E-state index contributed by atoms with van der Waals surface area (Å²) in [7, 11) is 1.58. The molecule has 4 rings (SSSR count). The molecule has 160 valence electrons. The van der Waals surface area contributed by atoms with Crippen LogP contribution >= 0.6 is 23.4 Å². The van der Waals surface area contributed by atoms with Gasteiger partial charge >= 0.3 is 0 Å². The minimum absolute atomic E-state index is 0.0374. The topological polar surface area (TPSA) is 83.0 Å². The number of carbonyl (C=O) groups excluding carboxylic acids is 1. The van der Waals surface area contributed by atoms with Crippen LogP contribution in [0.5, 0.6) is 5.75 Å². The summed E-state index contributed by atoms with van der Waals surface area (Å²) in [6.07, 6.45) is 1.71. The highest BCUT2D eigenvalue weighted by Crippen LogP contribution is 2.33. The Balaban J connectivity index is 1.74. The number of amides is 1. The van der Waals surface area contributed by atoms with Crippen molar-refractivity contribution < 1.29 is 9.53 Å². The van der Waals surface area contributed by atoms with Gasteiger partial charge in [-0.2, -0.15) is 15.1 Å². The van der Waals surface area contributed by atoms with Crippen molar-refractivity contribution in [1.29, 1.82) is 5.41 Å². The maximum absolute atomic E-state index is 12.7. The summed E-state index contributed by atoms with van der Waals surface area (Å²) in [6, 6.07) is 7.56. The van der Waals surface area contributed by atoms with Crippen molar-refractivity contribution in [2.45, 2.75) is 27.7 Å². The van der Waals surface area contributed by atoms with E-state index < -0.39 is 5.91 Å². The Hall–Kier alpha value is -2.84. The first-order valence-electron chi connectivity index (χ1n) is 9.74. The highest BCUT2D eigenvalue weighted by molar-refractivity contribution is 8.27. The quantitative estimate of drug-likeness (QED) is 0.655. The predicted octanol–water partition coefficient (Wildman–Crippen LogP) is 5.03. The zero-order valence-electron chi connectivity index (χ0n) is 17.9. The monoisotopic (exact) mass is 455 g/mol. The number of nitrogens with one attached hydrogen (secondary N) is 1. The van der Waals surface area contributed by atoms with Crippen LogP contribution in [0.1, 0.15) is 30.8 Å². The van der Waals surface area contributed by atoms with Crippen LogP contribution in [0.4, 0.5) is 0 Å². The summed E-state index contributed by atoms with van der Waals surface area (Å²) in [6.45, 7) is 7.98. The van der Waals surface area contributed by atoms with Gasteiger partial charge in [0.2, 0.25) is 5.17 Å². The van der Waals surface area contributed by atoms with E-state index >= 15 is 0 Å². The fourth-order valence-electron chi connectivity index (χ4n) is 3.52. The second-order valence-electron chi connectivity index (χ2n) is 7.59. The van der Waals surface area contributed by atoms with Crippen LogP contribution in [0.2, 0.25) is 5.02 Å². The lowest BCUT2D eigenvalue weighted by atomic mass is 10.1. The molecule has 1 aromatic carbocycles. The van der Waals surface area contributed by atoms with Gasteiger partial charge < -0.3 is 9.30 Å². The Morgan fingerprint density at radius 2 is 2.00 bits per heavy atom. The smallest absolute Gasteiger partial charge is 0.283 e. The number of thioether (sulfide) groups is 1. The van der Waals surface area contributed by atoms with E-state index in [1.165, 1.54) is 16.8 Å². The molecule has 1 N–H and O–H groups in total. The number of benzene rings is 1. The molecule has 2 aliphatic heterocycles. The Morgan fingerprint density at radius 3 is 2.65 bits per heavy atom. The van der Waals surface area contributed by atoms with E-state index in [4.69, 9.17) is 21.7 Å². The number of halogens is 1. The average Bonchev–Trinajstić information content (AvgIpc) is 3.26. The van der Waals surface area contributed by atoms with Crippen LogP contribution in [0.15, 0.2) is 39.9 Å². The van der Waals surface area contributed by atoms with Crippen molar-refractivity contribution in [3.63, 3.8) is 0 Å². The summed E-state index contributed by atoms with van der Waals surface area (Å²) >= 11 is 7.65. The zero-order valence-corrected chi connectivity index (χ0v) is 19.4. The molecule has 9 heteroatoms. The summed E-state index contributed by atoms with van der Waals surface area (Å²) in [5.41, 5.74) is 3.82. The molecular weight excluding hydrogens is 434 g/mol. The molecule has 31 heavy (non-hydrogen) atoms. The van der Waals surface area contributed by atoms with Crippen molar-refractivity contribution in [1.82, 2.24) is 9.58 Å². The molecular formula is C22H22ClN5O2S. The molecule has 0 aliphatic carbocycles. The number of ether oxygens (including phenoxy) is 1. The zero-order chi connectivity index (χ0) is 22.4. The summed E-state index contributed by atoms with van der Waals surface area (Å²) in [5, 5.41) is 16.3. The number of hydrogen-bond acceptors (Lipinski definition) is 5. The van der Waals surface area contributed by atoms with Gasteiger partial charge in [0.05, 0.1) is 17.7 Å². The molecule has 1 aromatic heterocycles. The molecule has 0 spiro atoms. The Morgan fingerprint density at radius 1 is 1.26 bits per heavy atom. The normalized spacial score (nSPS) is 17.4. The number of methoxy groups -OCH3 is 1. The second kappa shape index (κ2) is 8.01. The second-order valence-corrected chi connectivity index (χ2v) is 8.99. The fourth-order valence-corrected chi connectivity index (χ4v) is 4.67. The molecule has 1 amide bonds. The minimum Gasteiger partial charge on any atom is -0.495 e. The van der Waals surface area contributed by atoms with Crippen molar-refractivity contribution in [3.8, 4) is 11.4 Å². The van der Waals surface area contributed by atoms with Crippen molar-refractivity contribution in [2.75, 3.05) is 7.11 Å². The molecule has 0 radical (unpaired) electrons. The first kappa shape index (κ1) is 21.4. The third-order valence-corrected chi connectivity index (χ3v) is 6.63. The highest BCUT2D eigenvalue weighted by atomic mass is 35.5. The van der Waals surface area contributed by atoms with E-state index in [9.17, 15) is 4.79 Å². The number of carbonyl (C=O) groups is 1. The largest absolute Gasteiger partial charge is 0.495 e. The average molecular weight is 456 g/mol. The molecule has 3 heterocycles. The van der Waals surface area contributed by atoms with Gasteiger partial charge in [-0.3, -0.25) is 10.2 Å². The number of aryl methyl sites for hydroxylation is 1. The van der Waals surface area contributed by atoms with Crippen molar-refractivity contribution >= 4 is 51.4 Å². The van der Waals surface area contributed by atoms with Crippen molar-refractivity contribution in [3.05, 3.63) is 51.8 Å². The van der Waals surface area contributed by atoms with Gasteiger partial charge in [-0.25, -0.2) is 0 Å². The van der Waals surface area contributed by atoms with Gasteiger partial charge in [-0.05, 0) is 61.5 Å². The first-order chi connectivity index (χ1) is 14.7. The first-order valence-corrected chi connectivity index (χ1v) is 10.9. The predicted molar refractivity (Wildman–Crippen MR) is 127 cm³/mol. The number of aliphatic imine (C=N–C) groups is 1. The molecule has 0 saturated heterocycles. The van der Waals surface area contributed by atoms with E-state index in [0.29, 0.717) is 15.9 Å². The summed E-state index contributed by atoms with van der Waals surface area (Å²) in [5.74, 6) is 0.413. The molecule has 2 aromatic rings. The number of nitrogens with zero attached hydrogens (tertiary/aromatic N) is 4. The maximum atomic E-state index is 12.7. The summed E-state index contributed by atoms with van der Waals surface area (Å²) < 4.78 is 7.29. The van der Waals surface area contributed by atoms with E-state index in [0.717, 1.165) is 27.7 Å². The molecule has 0 unspecified atom stereocenters. The van der Waals surface area contributed by atoms with Crippen LogP contribution in [0.25, 0.3) is 11.8 Å². The van der Waals surface area contributed by atoms with Crippen LogP contribution in [-0.4, -0.2) is 38.6 Å². The molecule has 0 bridgehead atoms. The van der Waals surface area contributed by atoms with Crippen LogP contribution in [-0.2, 0) is 4.79 Å². The Labute approximate surface area is 189 Å². The van der Waals surface area contributed by atoms with Gasteiger partial charge in [0.25, 0.3) is 5.91 Å². The van der Waals surface area contributed by atoms with Crippen LogP contribution in [0.3, 0.4) is 0 Å². The number of hydrogen-bond donors (Lipinski definition) is 1. The number of amidine groups is 2. The van der Waals surface area contributed by atoms with Gasteiger partial charge in [-0.1, -0.05) is 25.4 Å². The molecule has 0 saturated carbocycles. The lowest BCUT2D eigenvalue weighted by molar-refractivity contribution is -0.114. The number of aromatic nitrogens is 1. The number of fused-ring (bicyclic) bond motifs is 1. The molecule has 2 aliphatic rings. The lowest BCUT2D eigenvalue weighted by Gasteiger charge is -2.20. The van der Waals surface area contributed by atoms with Crippen LogP contribution in [0, 0.1) is 25.2 Å². The van der Waals surface area contributed by atoms with Gasteiger partial charge in [0.1, 0.15) is 10.8 Å². The third kappa shape index (κ3) is 3.70. The number of hydrazone groups is 1. The molecule has 7 nitrogen and oxygen atoms in total. The maximum Gasteiger partial charge on any atom is 0.283 e. The third-order valence-electron chi connectivity index (χ3n) is 5.13. The van der Waals surface area contributed by atoms with Gasteiger partial charge in [-0.15, -0.1) is 0 Å². The highest BCUT2D eigenvalue weighted by Gasteiger charge is 2.36. The number of rotatable bonds is 4. The van der Waals surface area contributed by atoms with E-state index in [1.54, 1.807) is 13.2 Å². The minimum atomic E-state index is -0.429. The SMILES string of the molecule is COc1ccc(-n2c(C)cc(C=C3C(=N)N4N=C(C(C)C)SC4=NC3=O)c2C)cc1Cl. The Bertz CT molecular complexity index is 1210. The van der Waals surface area contributed by atoms with Crippen LogP contribution < -0.4 is 4.74 Å².